The normalized spacial score (nSPS) is 20.2. The van der Waals surface area contributed by atoms with E-state index in [1.54, 1.807) is 11.1 Å². The van der Waals surface area contributed by atoms with E-state index in [0.717, 1.165) is 32.5 Å². The maximum atomic E-state index is 8.79. The summed E-state index contributed by atoms with van der Waals surface area (Å²) in [4.78, 5) is 2.52. The van der Waals surface area contributed by atoms with Gasteiger partial charge >= 0.3 is 0 Å². The molecule has 3 rings (SSSR count). The van der Waals surface area contributed by atoms with Crippen LogP contribution in [0.15, 0.2) is 18.2 Å². The molecular formula is C17H25NO2. The second-order valence-electron chi connectivity index (χ2n) is 6.03. The standard InChI is InChI=1S/C17H25NO2/c19-10-11-20-17-6-8-18(9-7-17)13-14-4-5-15-2-1-3-16(15)12-14/h4-5,12,17,19H,1-3,6-11,13H2. The van der Waals surface area contributed by atoms with Crippen LogP contribution in [-0.4, -0.2) is 42.4 Å². The topological polar surface area (TPSA) is 32.7 Å². The summed E-state index contributed by atoms with van der Waals surface area (Å²) >= 11 is 0. The van der Waals surface area contributed by atoms with Gasteiger partial charge in [-0.25, -0.2) is 0 Å². The van der Waals surface area contributed by atoms with Gasteiger partial charge in [-0.1, -0.05) is 18.2 Å². The first-order valence-corrected chi connectivity index (χ1v) is 7.90. The molecule has 0 aromatic heterocycles. The largest absolute Gasteiger partial charge is 0.394 e. The minimum atomic E-state index is 0.134. The van der Waals surface area contributed by atoms with Crippen LogP contribution in [0.3, 0.4) is 0 Å². The van der Waals surface area contributed by atoms with Crippen LogP contribution in [0.5, 0.6) is 0 Å². The van der Waals surface area contributed by atoms with Gasteiger partial charge in [0.25, 0.3) is 0 Å². The summed E-state index contributed by atoms with van der Waals surface area (Å²) in [6.07, 6.45) is 6.38. The van der Waals surface area contributed by atoms with E-state index >= 15 is 0 Å². The Labute approximate surface area is 121 Å². The first-order chi connectivity index (χ1) is 9.85. The lowest BCUT2D eigenvalue weighted by Crippen LogP contribution is -2.36. The number of aliphatic hydroxyl groups excluding tert-OH is 1. The van der Waals surface area contributed by atoms with Gasteiger partial charge in [-0.05, 0) is 48.8 Å². The number of hydrogen-bond acceptors (Lipinski definition) is 3. The third-order valence-electron chi connectivity index (χ3n) is 4.55. The van der Waals surface area contributed by atoms with E-state index in [1.807, 2.05) is 0 Å². The number of aryl methyl sites for hydroxylation is 2. The molecule has 1 aromatic rings. The van der Waals surface area contributed by atoms with Crippen LogP contribution in [0.4, 0.5) is 0 Å². The number of fused-ring (bicyclic) bond motifs is 1. The minimum Gasteiger partial charge on any atom is -0.394 e. The zero-order valence-electron chi connectivity index (χ0n) is 12.2. The summed E-state index contributed by atoms with van der Waals surface area (Å²) in [5.74, 6) is 0. The van der Waals surface area contributed by atoms with E-state index in [4.69, 9.17) is 9.84 Å². The average Bonchev–Trinajstić information content (AvgIpc) is 2.94. The summed E-state index contributed by atoms with van der Waals surface area (Å²) in [5.41, 5.74) is 4.59. The van der Waals surface area contributed by atoms with Gasteiger partial charge in [-0.2, -0.15) is 0 Å². The number of likely N-dealkylation sites (tertiary alicyclic amines) is 1. The molecule has 0 radical (unpaired) electrons. The van der Waals surface area contributed by atoms with Gasteiger partial charge in [0.1, 0.15) is 0 Å². The number of benzene rings is 1. The lowest BCUT2D eigenvalue weighted by molar-refractivity contribution is -0.00901. The van der Waals surface area contributed by atoms with E-state index in [-0.39, 0.29) is 6.61 Å². The summed E-state index contributed by atoms with van der Waals surface area (Å²) in [6.45, 7) is 3.89. The van der Waals surface area contributed by atoms with Crippen LogP contribution in [0, 0.1) is 0 Å². The Morgan fingerprint density at radius 3 is 2.75 bits per heavy atom. The van der Waals surface area contributed by atoms with Crippen molar-refractivity contribution >= 4 is 0 Å². The number of hydrogen-bond donors (Lipinski definition) is 1. The quantitative estimate of drug-likeness (QED) is 0.894. The van der Waals surface area contributed by atoms with Gasteiger partial charge < -0.3 is 9.84 Å². The maximum absolute atomic E-state index is 8.79. The summed E-state index contributed by atoms with van der Waals surface area (Å²) in [5, 5.41) is 8.79. The van der Waals surface area contributed by atoms with Gasteiger partial charge in [0.05, 0.1) is 19.3 Å². The van der Waals surface area contributed by atoms with Crippen LogP contribution < -0.4 is 0 Å². The molecule has 0 spiro atoms. The summed E-state index contributed by atoms with van der Waals surface area (Å²) in [6, 6.07) is 7.05. The molecule has 1 N–H and O–H groups in total. The van der Waals surface area contributed by atoms with E-state index in [0.29, 0.717) is 12.7 Å². The zero-order valence-corrected chi connectivity index (χ0v) is 12.2. The number of nitrogens with zero attached hydrogens (tertiary/aromatic N) is 1. The van der Waals surface area contributed by atoms with Crippen LogP contribution in [0.2, 0.25) is 0 Å². The molecule has 110 valence electrons. The number of aliphatic hydroxyl groups is 1. The molecule has 1 saturated heterocycles. The Morgan fingerprint density at radius 2 is 1.95 bits per heavy atom. The average molecular weight is 275 g/mol. The van der Waals surface area contributed by atoms with Gasteiger partial charge in [-0.15, -0.1) is 0 Å². The Bertz CT molecular complexity index is 439. The molecule has 0 bridgehead atoms. The summed E-state index contributed by atoms with van der Waals surface area (Å²) < 4.78 is 5.61. The molecule has 2 aliphatic rings. The van der Waals surface area contributed by atoms with Crippen molar-refractivity contribution in [2.24, 2.45) is 0 Å². The maximum Gasteiger partial charge on any atom is 0.0701 e. The Hall–Kier alpha value is -0.900. The predicted octanol–water partition coefficient (Wildman–Crippen LogP) is 2.15. The van der Waals surface area contributed by atoms with E-state index in [1.165, 1.54) is 24.8 Å². The fraction of sp³-hybridized carbons (Fsp3) is 0.647. The number of piperidine rings is 1. The molecule has 3 heteroatoms. The third kappa shape index (κ3) is 3.40. The van der Waals surface area contributed by atoms with Crippen molar-refractivity contribution in [2.45, 2.75) is 44.8 Å². The fourth-order valence-corrected chi connectivity index (χ4v) is 3.44. The molecule has 0 unspecified atom stereocenters. The highest BCUT2D eigenvalue weighted by molar-refractivity contribution is 5.35. The van der Waals surface area contributed by atoms with Crippen molar-refractivity contribution in [3.63, 3.8) is 0 Å². The first kappa shape index (κ1) is 14.1. The second-order valence-corrected chi connectivity index (χ2v) is 6.03. The molecule has 1 fully saturated rings. The van der Waals surface area contributed by atoms with Crippen molar-refractivity contribution in [1.29, 1.82) is 0 Å². The molecule has 1 aliphatic carbocycles. The molecular weight excluding hydrogens is 250 g/mol. The Morgan fingerprint density at radius 1 is 1.15 bits per heavy atom. The molecule has 0 amide bonds. The molecule has 0 atom stereocenters. The van der Waals surface area contributed by atoms with Crippen LogP contribution in [-0.2, 0) is 24.1 Å². The van der Waals surface area contributed by atoms with Crippen molar-refractivity contribution < 1.29 is 9.84 Å². The summed E-state index contributed by atoms with van der Waals surface area (Å²) in [7, 11) is 0. The molecule has 0 saturated carbocycles. The zero-order chi connectivity index (χ0) is 13.8. The van der Waals surface area contributed by atoms with Gasteiger partial charge in [0.15, 0.2) is 0 Å². The fourth-order valence-electron chi connectivity index (χ4n) is 3.44. The molecule has 3 nitrogen and oxygen atoms in total. The highest BCUT2D eigenvalue weighted by Crippen LogP contribution is 2.24. The molecule has 20 heavy (non-hydrogen) atoms. The van der Waals surface area contributed by atoms with Gasteiger partial charge in [-0.3, -0.25) is 4.90 Å². The SMILES string of the molecule is OCCOC1CCN(Cc2ccc3c(c2)CCC3)CC1. The smallest absolute Gasteiger partial charge is 0.0701 e. The lowest BCUT2D eigenvalue weighted by atomic mass is 10.0. The number of rotatable bonds is 5. The Kier molecular flexibility index (Phi) is 4.71. The van der Waals surface area contributed by atoms with E-state index in [9.17, 15) is 0 Å². The molecule has 1 aliphatic heterocycles. The highest BCUT2D eigenvalue weighted by Gasteiger charge is 2.20. The molecule has 1 heterocycles. The van der Waals surface area contributed by atoms with Crippen molar-refractivity contribution in [3.05, 3.63) is 34.9 Å². The first-order valence-electron chi connectivity index (χ1n) is 7.90. The van der Waals surface area contributed by atoms with Gasteiger partial charge in [0.2, 0.25) is 0 Å². The number of ether oxygens (including phenoxy) is 1. The Balaban J connectivity index is 1.50. The minimum absolute atomic E-state index is 0.134. The van der Waals surface area contributed by atoms with Gasteiger partial charge in [0, 0.05) is 19.6 Å². The lowest BCUT2D eigenvalue weighted by Gasteiger charge is -2.31. The van der Waals surface area contributed by atoms with Crippen LogP contribution in [0.1, 0.15) is 36.0 Å². The highest BCUT2D eigenvalue weighted by atomic mass is 16.5. The van der Waals surface area contributed by atoms with Crippen molar-refractivity contribution in [1.82, 2.24) is 4.90 Å². The van der Waals surface area contributed by atoms with E-state index in [2.05, 4.69) is 23.1 Å². The second kappa shape index (κ2) is 6.70. The third-order valence-corrected chi connectivity index (χ3v) is 4.55. The van der Waals surface area contributed by atoms with Crippen molar-refractivity contribution in [2.75, 3.05) is 26.3 Å². The van der Waals surface area contributed by atoms with Crippen LogP contribution >= 0.6 is 0 Å². The van der Waals surface area contributed by atoms with Crippen molar-refractivity contribution in [3.8, 4) is 0 Å². The monoisotopic (exact) mass is 275 g/mol. The predicted molar refractivity (Wildman–Crippen MR) is 79.8 cm³/mol. The van der Waals surface area contributed by atoms with Crippen LogP contribution in [0.25, 0.3) is 0 Å². The molecule has 1 aromatic carbocycles. The van der Waals surface area contributed by atoms with E-state index < -0.39 is 0 Å².